The lowest BCUT2D eigenvalue weighted by Gasteiger charge is -2.46. The number of nitrogen functional groups attached to an aromatic ring is 1. The molecule has 5 atom stereocenters. The number of thioether (sulfide) groups is 1. The number of esters is 1. The monoisotopic (exact) mass is 517 g/mol. The van der Waals surface area contributed by atoms with E-state index in [0.717, 1.165) is 34.9 Å². The van der Waals surface area contributed by atoms with Gasteiger partial charge in [0, 0.05) is 24.0 Å². The summed E-state index contributed by atoms with van der Waals surface area (Å²) in [5, 5.41) is 20.8. The number of aromatic nitrogens is 1. The summed E-state index contributed by atoms with van der Waals surface area (Å²) >= 11 is 2.08. The fourth-order valence-electron chi connectivity index (χ4n) is 3.97. The number of ether oxygens (including phenoxy) is 1. The fraction of sp³-hybridized carbons (Fsp3) is 0.471. The van der Waals surface area contributed by atoms with Crippen LogP contribution >= 0.6 is 30.4 Å². The molecule has 3 aliphatic rings. The summed E-state index contributed by atoms with van der Waals surface area (Å²) in [5.74, 6) is -3.40. The molecular weight excluding hydrogens is 497 g/mol. The Labute approximate surface area is 195 Å². The second kappa shape index (κ2) is 8.09. The number of aliphatic carboxylic acids is 1. The van der Waals surface area contributed by atoms with Crippen LogP contribution in [0.15, 0.2) is 16.7 Å². The zero-order valence-corrected chi connectivity index (χ0v) is 19.9. The molecule has 178 valence electrons. The number of fused-ring (bicyclic) bond motifs is 1. The van der Waals surface area contributed by atoms with Gasteiger partial charge in [0.25, 0.3) is 5.91 Å². The van der Waals surface area contributed by atoms with Crippen molar-refractivity contribution in [2.24, 2.45) is 0 Å². The second-order valence-corrected chi connectivity index (χ2v) is 12.7. The maximum absolute atomic E-state index is 13.5. The normalized spacial score (nSPS) is 32.6. The summed E-state index contributed by atoms with van der Waals surface area (Å²) in [5.41, 5.74) is 5.29. The largest absolute Gasteiger partial charge is 0.477 e. The Hall–Kier alpha value is -2.45. The number of amides is 2. The second-order valence-electron chi connectivity index (χ2n) is 7.42. The lowest BCUT2D eigenvalue weighted by Crippen LogP contribution is -2.58. The first-order valence-corrected chi connectivity index (χ1v) is 13.3. The van der Waals surface area contributed by atoms with E-state index >= 15 is 0 Å². The van der Waals surface area contributed by atoms with Crippen molar-refractivity contribution < 1.29 is 38.8 Å². The number of anilines is 1. The highest BCUT2D eigenvalue weighted by Crippen LogP contribution is 2.83. The zero-order valence-electron chi connectivity index (χ0n) is 17.4. The first kappa shape index (κ1) is 23.7. The number of carbonyl (C=O) groups is 4. The molecule has 3 aliphatic heterocycles. The summed E-state index contributed by atoms with van der Waals surface area (Å²) in [6, 6.07) is 0. The van der Waals surface area contributed by atoms with Gasteiger partial charge in [0.15, 0.2) is 5.13 Å². The Kier molecular flexibility index (Phi) is 5.81. The third-order valence-corrected chi connectivity index (χ3v) is 10.9. The SMILES string of the molecule is CCP1(=O)N(O)C1(C(=O)NC1S[C@@H]2CC(=O)N2C(C(=O)O)=C1COC(C)=O)c1csc(N)n1. The molecular formula is C17H20N5O8PS2. The number of β-lactam (4-membered cyclic amide) rings is 1. The molecule has 4 rings (SSSR count). The summed E-state index contributed by atoms with van der Waals surface area (Å²) in [6.07, 6.45) is 0.0234. The van der Waals surface area contributed by atoms with Gasteiger partial charge in [-0.15, -0.1) is 27.9 Å². The number of hydroxylamine groups is 1. The van der Waals surface area contributed by atoms with Crippen LogP contribution < -0.4 is 11.1 Å². The van der Waals surface area contributed by atoms with Crippen molar-refractivity contribution in [3.05, 3.63) is 22.3 Å². The maximum atomic E-state index is 13.5. The van der Waals surface area contributed by atoms with E-state index in [4.69, 9.17) is 10.5 Å². The molecule has 0 bridgehead atoms. The average Bonchev–Trinajstić information content (AvgIpc) is 3.00. The molecule has 2 fully saturated rings. The predicted octanol–water partition coefficient (Wildman–Crippen LogP) is 0.530. The minimum atomic E-state index is -3.60. The molecule has 4 heterocycles. The Morgan fingerprint density at radius 2 is 2.15 bits per heavy atom. The van der Waals surface area contributed by atoms with Crippen molar-refractivity contribution in [3.63, 3.8) is 0 Å². The molecule has 1 aromatic heterocycles. The average molecular weight is 517 g/mol. The third kappa shape index (κ3) is 3.37. The van der Waals surface area contributed by atoms with Crippen molar-refractivity contribution in [3.8, 4) is 0 Å². The molecule has 0 saturated carbocycles. The highest BCUT2D eigenvalue weighted by molar-refractivity contribution is 8.00. The van der Waals surface area contributed by atoms with Crippen molar-refractivity contribution >= 4 is 59.3 Å². The number of nitrogens with two attached hydrogens (primary N) is 1. The van der Waals surface area contributed by atoms with Crippen molar-refractivity contribution in [2.45, 2.75) is 36.3 Å². The first-order chi connectivity index (χ1) is 15.5. The number of carboxylic acid groups (broad SMARTS) is 1. The molecule has 1 aromatic rings. The van der Waals surface area contributed by atoms with Gasteiger partial charge >= 0.3 is 11.9 Å². The van der Waals surface area contributed by atoms with Crippen LogP contribution in [0.5, 0.6) is 0 Å². The molecule has 2 amide bonds. The lowest BCUT2D eigenvalue weighted by atomic mass is 10.1. The van der Waals surface area contributed by atoms with E-state index in [9.17, 15) is 34.1 Å². The van der Waals surface area contributed by atoms with Crippen LogP contribution in [0.3, 0.4) is 0 Å². The molecule has 0 aromatic carbocycles. The van der Waals surface area contributed by atoms with Gasteiger partial charge in [-0.3, -0.25) is 19.3 Å². The predicted molar refractivity (Wildman–Crippen MR) is 116 cm³/mol. The molecule has 0 radical (unpaired) electrons. The first-order valence-electron chi connectivity index (χ1n) is 9.67. The van der Waals surface area contributed by atoms with Crippen LogP contribution in [0, 0.1) is 0 Å². The van der Waals surface area contributed by atoms with Gasteiger partial charge < -0.3 is 30.7 Å². The molecule has 2 saturated heterocycles. The van der Waals surface area contributed by atoms with Gasteiger partial charge in [-0.1, -0.05) is 6.92 Å². The molecule has 0 spiro atoms. The summed E-state index contributed by atoms with van der Waals surface area (Å²) < 4.78 is 18.3. The number of hydrogen-bond acceptors (Lipinski definition) is 11. The maximum Gasteiger partial charge on any atom is 0.352 e. The Balaban J connectivity index is 1.73. The van der Waals surface area contributed by atoms with Gasteiger partial charge in [-0.25, -0.2) is 9.78 Å². The summed E-state index contributed by atoms with van der Waals surface area (Å²) in [6.45, 7) is 2.20. The van der Waals surface area contributed by atoms with E-state index in [-0.39, 0.29) is 34.7 Å². The van der Waals surface area contributed by atoms with Crippen LogP contribution in [-0.2, 0) is 33.8 Å². The van der Waals surface area contributed by atoms with Gasteiger partial charge in [0.05, 0.1) is 17.5 Å². The van der Waals surface area contributed by atoms with Gasteiger partial charge in [0.1, 0.15) is 17.7 Å². The van der Waals surface area contributed by atoms with Crippen LogP contribution in [0.2, 0.25) is 0 Å². The lowest BCUT2D eigenvalue weighted by molar-refractivity contribution is -0.146. The van der Waals surface area contributed by atoms with Gasteiger partial charge in [-0.2, -0.15) is 0 Å². The zero-order chi connectivity index (χ0) is 24.3. The minimum absolute atomic E-state index is 0.0143. The van der Waals surface area contributed by atoms with E-state index < -0.39 is 53.7 Å². The van der Waals surface area contributed by atoms with Gasteiger partial charge in [0.2, 0.25) is 18.5 Å². The molecule has 13 nitrogen and oxygen atoms in total. The Morgan fingerprint density at radius 3 is 2.64 bits per heavy atom. The van der Waals surface area contributed by atoms with E-state index in [2.05, 4.69) is 10.3 Å². The standard InChI is InChI=1S/C17H20N5O8PS2/c1-3-31(29)17(22(31)28,9-6-32-16(18)19-9)15(27)20-13-8(5-30-7(2)23)12(14(25)26)21-10(24)4-11(21)33-13/h6,11,13,28H,3-5H2,1-2H3,(H2,18,19)(H,20,27)(H,25,26)/t11-,13?,17?,22?,31?/m1/s1. The Morgan fingerprint density at radius 1 is 1.45 bits per heavy atom. The number of carboxylic acids is 1. The minimum Gasteiger partial charge on any atom is -0.477 e. The van der Waals surface area contributed by atoms with Gasteiger partial charge in [-0.05, 0) is 0 Å². The molecule has 33 heavy (non-hydrogen) atoms. The van der Waals surface area contributed by atoms with Crippen LogP contribution in [-0.4, -0.2) is 72.3 Å². The van der Waals surface area contributed by atoms with Crippen LogP contribution in [0.25, 0.3) is 0 Å². The number of carbonyl (C=O) groups excluding carboxylic acids is 3. The van der Waals surface area contributed by atoms with Crippen LogP contribution in [0.4, 0.5) is 5.13 Å². The molecule has 5 N–H and O–H groups in total. The summed E-state index contributed by atoms with van der Waals surface area (Å²) in [4.78, 5) is 54.5. The molecule has 16 heteroatoms. The highest BCUT2D eigenvalue weighted by Gasteiger charge is 2.80. The molecule has 4 unspecified atom stereocenters. The van der Waals surface area contributed by atoms with Crippen molar-refractivity contribution in [1.82, 2.24) is 20.0 Å². The number of hydrogen-bond donors (Lipinski definition) is 4. The van der Waals surface area contributed by atoms with E-state index in [1.807, 2.05) is 0 Å². The molecule has 0 aliphatic carbocycles. The summed E-state index contributed by atoms with van der Waals surface area (Å²) in [7, 11) is -3.60. The third-order valence-electron chi connectivity index (χ3n) is 5.64. The number of nitrogens with one attached hydrogen (secondary N) is 1. The van der Waals surface area contributed by atoms with Crippen molar-refractivity contribution in [1.29, 1.82) is 0 Å². The van der Waals surface area contributed by atoms with E-state index in [1.54, 1.807) is 6.92 Å². The number of nitrogens with zero attached hydrogens (tertiary/aromatic N) is 3. The fourth-order valence-corrected chi connectivity index (χ4v) is 8.81. The highest BCUT2D eigenvalue weighted by atomic mass is 32.2. The van der Waals surface area contributed by atoms with E-state index in [1.165, 1.54) is 5.38 Å². The number of rotatable bonds is 7. The quantitative estimate of drug-likeness (QED) is 0.170. The van der Waals surface area contributed by atoms with E-state index in [0.29, 0.717) is 4.83 Å². The van der Waals surface area contributed by atoms with Crippen LogP contribution in [0.1, 0.15) is 26.0 Å². The Bertz CT molecular complexity index is 1150. The smallest absolute Gasteiger partial charge is 0.352 e. The topological polar surface area (TPSA) is 192 Å². The number of thiazole rings is 1. The van der Waals surface area contributed by atoms with Crippen molar-refractivity contribution in [2.75, 3.05) is 18.5 Å².